The van der Waals surface area contributed by atoms with Crippen molar-refractivity contribution in [3.05, 3.63) is 96.1 Å². The topological polar surface area (TPSA) is 17.3 Å². The molecule has 0 radical (unpaired) electrons. The first kappa shape index (κ1) is 26.4. The second kappa shape index (κ2) is 10.8. The molecule has 5 unspecified atom stereocenters. The summed E-state index contributed by atoms with van der Waals surface area (Å²) >= 11 is -0.556. The van der Waals surface area contributed by atoms with E-state index in [1.165, 1.54) is 10.4 Å². The molecule has 0 aromatic heterocycles. The summed E-state index contributed by atoms with van der Waals surface area (Å²) in [5.41, 5.74) is 0.705. The standard InChI is InChI=1S/C27H31N2Si.CH3.2ClH.Ti/c1-18-28-25-16-19-10-4-5-11-20(19)17-26(25)29(18)30(2,3)27-23-14-8-6-12-21(23)22-13-7-9-15-24(22)27;;;;/h4-18,21-27H,1-3H3;1H3;2*1H;/q2*-1;;;+2/p-2/t18-,21?,22?,23?,24?,25?,26+,27?;;;;/m0..../s1. The van der Waals surface area contributed by atoms with Crippen LogP contribution >= 0.6 is 18.6 Å². The Morgan fingerprint density at radius 1 is 0.824 bits per heavy atom. The van der Waals surface area contributed by atoms with Crippen molar-refractivity contribution < 1.29 is 17.0 Å². The van der Waals surface area contributed by atoms with Crippen LogP contribution in [0.1, 0.15) is 6.92 Å². The van der Waals surface area contributed by atoms with Gasteiger partial charge in [-0.3, -0.25) is 0 Å². The number of fused-ring (bicyclic) bond motifs is 5. The van der Waals surface area contributed by atoms with Gasteiger partial charge in [-0.1, -0.05) is 117 Å². The summed E-state index contributed by atoms with van der Waals surface area (Å²) in [6.45, 7) is 7.58. The van der Waals surface area contributed by atoms with Gasteiger partial charge < -0.3 is 17.3 Å². The van der Waals surface area contributed by atoms with Gasteiger partial charge in [-0.2, -0.15) is 0 Å². The molecule has 1 aromatic carbocycles. The summed E-state index contributed by atoms with van der Waals surface area (Å²) < 4.78 is 2.87. The zero-order chi connectivity index (χ0) is 23.2. The van der Waals surface area contributed by atoms with Crippen LogP contribution in [0.3, 0.4) is 0 Å². The van der Waals surface area contributed by atoms with Crippen molar-refractivity contribution in [2.24, 2.45) is 23.7 Å². The summed E-state index contributed by atoms with van der Waals surface area (Å²) in [7, 11) is 7.95. The van der Waals surface area contributed by atoms with E-state index in [1.54, 1.807) is 0 Å². The Labute approximate surface area is 222 Å². The Morgan fingerprint density at radius 2 is 1.29 bits per heavy atom. The third-order valence-corrected chi connectivity index (χ3v) is 12.8. The van der Waals surface area contributed by atoms with E-state index in [0.717, 1.165) is 0 Å². The molecule has 7 atom stereocenters. The molecule has 0 bridgehead atoms. The third-order valence-electron chi connectivity index (χ3n) is 8.36. The molecule has 0 N–H and O–H groups in total. The van der Waals surface area contributed by atoms with Crippen LogP contribution in [0.15, 0.2) is 72.9 Å². The van der Waals surface area contributed by atoms with Crippen molar-refractivity contribution in [1.82, 2.24) is 4.57 Å². The molecule has 6 heteroatoms. The number of halogens is 2. The average molecular weight is 545 g/mol. The van der Waals surface area contributed by atoms with E-state index in [2.05, 4.69) is 110 Å². The fourth-order valence-corrected chi connectivity index (χ4v) is 12.3. The van der Waals surface area contributed by atoms with Gasteiger partial charge >= 0.3 is 35.6 Å². The number of hydrogen-bond acceptors (Lipinski definition) is 1. The molecular formula is C28H34Cl2N2SiTi-2. The molecule has 1 saturated heterocycles. The molecule has 180 valence electrons. The van der Waals surface area contributed by atoms with Crippen molar-refractivity contribution >= 4 is 39.0 Å². The maximum absolute atomic E-state index is 5.25. The van der Waals surface area contributed by atoms with Gasteiger partial charge in [0.15, 0.2) is 0 Å². The summed E-state index contributed by atoms with van der Waals surface area (Å²) in [5, 5.41) is 7.97. The molecule has 4 aliphatic carbocycles. The Morgan fingerprint density at radius 3 is 1.82 bits per heavy atom. The van der Waals surface area contributed by atoms with Gasteiger partial charge in [0.1, 0.15) is 8.24 Å². The van der Waals surface area contributed by atoms with Gasteiger partial charge in [0.2, 0.25) is 0 Å². The van der Waals surface area contributed by atoms with E-state index < -0.39 is 25.3 Å². The predicted octanol–water partition coefficient (Wildman–Crippen LogP) is 6.17. The van der Waals surface area contributed by atoms with Crippen LogP contribution in [0, 0.1) is 31.1 Å². The molecule has 1 aliphatic heterocycles. The van der Waals surface area contributed by atoms with E-state index >= 15 is 0 Å². The van der Waals surface area contributed by atoms with Crippen molar-refractivity contribution in [3.8, 4) is 0 Å². The Balaban J connectivity index is 0.000000652. The van der Waals surface area contributed by atoms with Gasteiger partial charge in [-0.05, 0) is 39.7 Å². The van der Waals surface area contributed by atoms with Crippen molar-refractivity contribution in [1.29, 1.82) is 0 Å². The molecular weight excluding hydrogens is 511 g/mol. The minimum absolute atomic E-state index is 0. The Hall–Kier alpha value is -0.649. The van der Waals surface area contributed by atoms with E-state index in [1.807, 2.05) is 0 Å². The van der Waals surface area contributed by atoms with Crippen LogP contribution in [-0.2, 0) is 17.0 Å². The van der Waals surface area contributed by atoms with Crippen LogP contribution in [0.25, 0.3) is 17.5 Å². The molecule has 34 heavy (non-hydrogen) atoms. The van der Waals surface area contributed by atoms with Crippen molar-refractivity contribution in [2.75, 3.05) is 0 Å². The number of rotatable bonds is 2. The van der Waals surface area contributed by atoms with Crippen molar-refractivity contribution in [3.63, 3.8) is 0 Å². The van der Waals surface area contributed by atoms with Gasteiger partial charge in [0.05, 0.1) is 0 Å². The van der Waals surface area contributed by atoms with Gasteiger partial charge in [-0.15, -0.1) is 0 Å². The average Bonchev–Trinajstić information content (AvgIpc) is 3.32. The molecule has 0 amide bonds. The third kappa shape index (κ3) is 4.47. The van der Waals surface area contributed by atoms with Crippen LogP contribution in [0.2, 0.25) is 18.6 Å². The fourth-order valence-electron chi connectivity index (χ4n) is 7.33. The molecule has 2 nitrogen and oxygen atoms in total. The molecule has 1 saturated carbocycles. The van der Waals surface area contributed by atoms with E-state index in [4.69, 9.17) is 23.9 Å². The molecule has 6 rings (SSSR count). The molecule has 5 aliphatic rings. The van der Waals surface area contributed by atoms with Gasteiger partial charge in [-0.25, -0.2) is 0 Å². The van der Waals surface area contributed by atoms with Gasteiger partial charge in [0.25, 0.3) is 0 Å². The number of benzene rings is 1. The zero-order valence-electron chi connectivity index (χ0n) is 20.4. The molecule has 0 spiro atoms. The Bertz CT molecular complexity index is 1090. The first-order valence-corrected chi connectivity index (χ1v) is 19.2. The SMILES string of the molecule is C[C@H]1[N-]C2C=c3ccccc3=C[C@H]2N1[Si](C)(C)C1C2C=CC=CC2C2C=CC=CC21.[CH3-].[Cl][Ti][Cl]. The summed E-state index contributed by atoms with van der Waals surface area (Å²) in [6.07, 6.45) is 24.3. The summed E-state index contributed by atoms with van der Waals surface area (Å²) in [6, 6.07) is 9.50. The summed E-state index contributed by atoms with van der Waals surface area (Å²) in [5.74, 6) is 2.58. The normalized spacial score (nSPS) is 36.5. The first-order valence-electron chi connectivity index (χ1n) is 11.9. The van der Waals surface area contributed by atoms with E-state index in [-0.39, 0.29) is 13.6 Å². The fraction of sp³-hybridized carbons (Fsp3) is 0.393. The van der Waals surface area contributed by atoms with Crippen LogP contribution < -0.4 is 10.4 Å². The van der Waals surface area contributed by atoms with Crippen LogP contribution in [0.4, 0.5) is 0 Å². The minimum atomic E-state index is -1.83. The number of hydrogen-bond donors (Lipinski definition) is 0. The summed E-state index contributed by atoms with van der Waals surface area (Å²) in [4.78, 5) is 0. The van der Waals surface area contributed by atoms with Crippen LogP contribution in [0.5, 0.6) is 0 Å². The second-order valence-corrected chi connectivity index (χ2v) is 17.3. The second-order valence-electron chi connectivity index (χ2n) is 10.2. The Kier molecular flexibility index (Phi) is 8.36. The van der Waals surface area contributed by atoms with Crippen molar-refractivity contribution in [2.45, 2.75) is 43.8 Å². The van der Waals surface area contributed by atoms with Crippen LogP contribution in [-0.4, -0.2) is 31.1 Å². The zero-order valence-corrected chi connectivity index (χ0v) is 24.4. The van der Waals surface area contributed by atoms with E-state index in [0.29, 0.717) is 41.3 Å². The molecule has 2 fully saturated rings. The first-order chi connectivity index (χ1) is 16.0. The van der Waals surface area contributed by atoms with Gasteiger partial charge in [0, 0.05) is 6.04 Å². The predicted molar refractivity (Wildman–Crippen MR) is 147 cm³/mol. The van der Waals surface area contributed by atoms with E-state index in [9.17, 15) is 0 Å². The molecule has 1 aromatic rings. The monoisotopic (exact) mass is 544 g/mol. The number of nitrogens with zero attached hydrogens (tertiary/aromatic N) is 2. The molecule has 1 heterocycles. The maximum atomic E-state index is 5.25. The number of allylic oxidation sites excluding steroid dienone is 8. The quantitative estimate of drug-likeness (QED) is 0.321.